The molecule has 2 aromatic rings. The Balaban J connectivity index is 2.54. The molecule has 9 heteroatoms. The van der Waals surface area contributed by atoms with Crippen LogP contribution in [0.1, 0.15) is 77.8 Å². The minimum atomic E-state index is -5.12. The van der Waals surface area contributed by atoms with E-state index < -0.39 is 49.5 Å². The van der Waals surface area contributed by atoms with Crippen LogP contribution in [0.2, 0.25) is 0 Å². The van der Waals surface area contributed by atoms with Gasteiger partial charge in [0.1, 0.15) is 0 Å². The molecule has 0 spiro atoms. The molecule has 3 nitrogen and oxygen atoms in total. The van der Waals surface area contributed by atoms with Gasteiger partial charge in [0.25, 0.3) is 0 Å². The van der Waals surface area contributed by atoms with Crippen LogP contribution < -0.4 is 4.72 Å². The summed E-state index contributed by atoms with van der Waals surface area (Å²) >= 11 is 0. The van der Waals surface area contributed by atoms with E-state index in [1.807, 2.05) is 12.1 Å². The topological polar surface area (TPSA) is 46.2 Å². The van der Waals surface area contributed by atoms with Gasteiger partial charge in [-0.15, -0.1) is 0 Å². The van der Waals surface area contributed by atoms with Crippen molar-refractivity contribution in [3.8, 4) is 0 Å². The maximum Gasteiger partial charge on any atom is 0.247 e. The van der Waals surface area contributed by atoms with Crippen LogP contribution in [0.15, 0.2) is 29.2 Å². The Hall–Kier alpha value is -2.00. The molecular weight excluding hydrogens is 473 g/mol. The Morgan fingerprint density at radius 2 is 1.24 bits per heavy atom. The molecule has 0 saturated carbocycles. The molecule has 0 fully saturated rings. The zero-order chi connectivity index (χ0) is 26.0. The fraction of sp³-hybridized carbons (Fsp3) is 0.520. The van der Waals surface area contributed by atoms with Crippen LogP contribution in [0.5, 0.6) is 0 Å². The minimum absolute atomic E-state index is 0.178. The van der Waals surface area contributed by atoms with Gasteiger partial charge in [-0.1, -0.05) is 65.8 Å². The lowest BCUT2D eigenvalue weighted by Gasteiger charge is -2.34. The van der Waals surface area contributed by atoms with Crippen molar-refractivity contribution in [2.24, 2.45) is 11.8 Å². The van der Waals surface area contributed by atoms with Crippen LogP contribution in [0.25, 0.3) is 0 Å². The number of sulfonamides is 1. The Kier molecular flexibility index (Phi) is 8.91. The third-order valence-electron chi connectivity index (χ3n) is 6.40. The van der Waals surface area contributed by atoms with Crippen molar-refractivity contribution >= 4 is 10.0 Å². The van der Waals surface area contributed by atoms with E-state index in [2.05, 4.69) is 32.4 Å². The van der Waals surface area contributed by atoms with Crippen LogP contribution in [-0.4, -0.2) is 8.42 Å². The summed E-state index contributed by atoms with van der Waals surface area (Å²) < 4.78 is 97.4. The van der Waals surface area contributed by atoms with Crippen LogP contribution in [-0.2, 0) is 15.6 Å². The van der Waals surface area contributed by atoms with Gasteiger partial charge in [-0.25, -0.2) is 35.1 Å². The average molecular weight is 506 g/mol. The highest BCUT2D eigenvalue weighted by atomic mass is 32.2. The van der Waals surface area contributed by atoms with Crippen molar-refractivity contribution in [3.63, 3.8) is 0 Å². The lowest BCUT2D eigenvalue weighted by atomic mass is 9.80. The van der Waals surface area contributed by atoms with Crippen molar-refractivity contribution in [1.82, 2.24) is 4.72 Å². The fourth-order valence-electron chi connectivity index (χ4n) is 4.34. The fourth-order valence-corrected chi connectivity index (χ4v) is 6.01. The van der Waals surface area contributed by atoms with Gasteiger partial charge in [-0.2, -0.15) is 0 Å². The van der Waals surface area contributed by atoms with Gasteiger partial charge in [-0.05, 0) is 48.1 Å². The van der Waals surface area contributed by atoms with Crippen LogP contribution in [0.3, 0.4) is 0 Å². The van der Waals surface area contributed by atoms with E-state index in [9.17, 15) is 30.4 Å². The van der Waals surface area contributed by atoms with Gasteiger partial charge < -0.3 is 0 Å². The Morgan fingerprint density at radius 1 is 0.794 bits per heavy atom. The number of nitrogens with one attached hydrogen (secondary N) is 1. The molecule has 2 aromatic carbocycles. The second kappa shape index (κ2) is 10.7. The summed E-state index contributed by atoms with van der Waals surface area (Å²) in [6.45, 7) is 11.9. The van der Waals surface area contributed by atoms with Gasteiger partial charge in [-0.3, -0.25) is 0 Å². The highest BCUT2D eigenvalue weighted by Crippen LogP contribution is 2.36. The molecule has 0 saturated heterocycles. The first-order valence-corrected chi connectivity index (χ1v) is 12.9. The summed E-state index contributed by atoms with van der Waals surface area (Å²) in [5.74, 6) is -10.7. The molecule has 0 aliphatic rings. The molecule has 0 amide bonds. The van der Waals surface area contributed by atoms with Crippen molar-refractivity contribution in [2.75, 3.05) is 0 Å². The zero-order valence-corrected chi connectivity index (χ0v) is 21.1. The normalized spacial score (nSPS) is 13.7. The number of rotatable bonds is 10. The summed E-state index contributed by atoms with van der Waals surface area (Å²) in [6.07, 6.45) is 1.32. The predicted molar refractivity (Wildman–Crippen MR) is 122 cm³/mol. The van der Waals surface area contributed by atoms with Gasteiger partial charge in [0.2, 0.25) is 15.8 Å². The molecule has 2 rings (SSSR count). The molecule has 0 aliphatic heterocycles. The second-order valence-corrected chi connectivity index (χ2v) is 11.0. The van der Waals surface area contributed by atoms with E-state index in [0.29, 0.717) is 17.4 Å². The summed E-state index contributed by atoms with van der Waals surface area (Å²) in [5.41, 5.74) is 0.292. The summed E-state index contributed by atoms with van der Waals surface area (Å²) in [4.78, 5) is -1.89. The van der Waals surface area contributed by atoms with Crippen LogP contribution in [0.4, 0.5) is 22.0 Å². The molecule has 0 radical (unpaired) electrons. The highest BCUT2D eigenvalue weighted by molar-refractivity contribution is 7.89. The summed E-state index contributed by atoms with van der Waals surface area (Å²) in [6, 6.07) is 7.29. The van der Waals surface area contributed by atoms with Gasteiger partial charge in [0.05, 0.1) is 5.54 Å². The van der Waals surface area contributed by atoms with E-state index in [1.54, 1.807) is 26.0 Å². The van der Waals surface area contributed by atoms with E-state index in [4.69, 9.17) is 0 Å². The molecule has 0 aliphatic carbocycles. The minimum Gasteiger partial charge on any atom is -0.207 e. The van der Waals surface area contributed by atoms with E-state index >= 15 is 0 Å². The zero-order valence-electron chi connectivity index (χ0n) is 20.3. The lowest BCUT2D eigenvalue weighted by molar-refractivity contribution is 0.345. The third-order valence-corrected chi connectivity index (χ3v) is 7.95. The standard InChI is InChI=1S/C25H32F5NO2S/c1-7-25(8-2,17-11-9-16(10-12-17)18(15(5)6)13-14(3)4)31-34(32,33)24-22(29)20(27)19(26)21(28)23(24)30/h9-12,14-15,18,31H,7-8,13H2,1-6H3. The summed E-state index contributed by atoms with van der Waals surface area (Å²) in [5, 5.41) is 0. The molecule has 1 N–H and O–H groups in total. The molecule has 0 bridgehead atoms. The third kappa shape index (κ3) is 5.46. The summed E-state index contributed by atoms with van der Waals surface area (Å²) in [7, 11) is -5.12. The van der Waals surface area contributed by atoms with Crippen molar-refractivity contribution in [2.45, 2.75) is 77.2 Å². The number of halogens is 5. The number of benzene rings is 2. The van der Waals surface area contributed by atoms with E-state index in [1.165, 1.54) is 0 Å². The molecule has 1 unspecified atom stereocenters. The van der Waals surface area contributed by atoms with Crippen LogP contribution >= 0.6 is 0 Å². The smallest absolute Gasteiger partial charge is 0.207 e. The second-order valence-electron chi connectivity index (χ2n) is 9.40. The first kappa shape index (κ1) is 28.2. The van der Waals surface area contributed by atoms with Gasteiger partial charge in [0, 0.05) is 0 Å². The molecule has 1 atom stereocenters. The quantitative estimate of drug-likeness (QED) is 0.212. The number of hydrogen-bond acceptors (Lipinski definition) is 2. The molecule has 34 heavy (non-hydrogen) atoms. The Bertz CT molecular complexity index is 1080. The number of hydrogen-bond donors (Lipinski definition) is 1. The van der Waals surface area contributed by atoms with Crippen molar-refractivity contribution in [1.29, 1.82) is 0 Å². The maximum atomic E-state index is 14.3. The maximum absolute atomic E-state index is 14.3. The monoisotopic (exact) mass is 505 g/mol. The predicted octanol–water partition coefficient (Wildman–Crippen LogP) is 7.16. The molecule has 0 heterocycles. The Labute approximate surface area is 198 Å². The van der Waals surface area contributed by atoms with Gasteiger partial charge in [0.15, 0.2) is 28.2 Å². The largest absolute Gasteiger partial charge is 0.247 e. The highest BCUT2D eigenvalue weighted by Gasteiger charge is 2.39. The Morgan fingerprint density at radius 3 is 1.62 bits per heavy atom. The van der Waals surface area contributed by atoms with Crippen LogP contribution in [0, 0.1) is 40.9 Å². The molecule has 0 aromatic heterocycles. The SMILES string of the molecule is CCC(CC)(NS(=O)(=O)c1c(F)c(F)c(F)c(F)c1F)c1ccc(C(CC(C)C)C(C)C)cc1. The van der Waals surface area contributed by atoms with Crippen molar-refractivity contribution < 1.29 is 30.4 Å². The van der Waals surface area contributed by atoms with Gasteiger partial charge >= 0.3 is 0 Å². The average Bonchev–Trinajstić information content (AvgIpc) is 2.78. The first-order valence-electron chi connectivity index (χ1n) is 11.4. The molecular formula is C25H32F5NO2S. The lowest BCUT2D eigenvalue weighted by Crippen LogP contribution is -2.45. The first-order chi connectivity index (χ1) is 15.7. The molecule has 190 valence electrons. The van der Waals surface area contributed by atoms with E-state index in [-0.39, 0.29) is 18.8 Å². The van der Waals surface area contributed by atoms with Crippen molar-refractivity contribution in [3.05, 3.63) is 64.5 Å². The van der Waals surface area contributed by atoms with E-state index in [0.717, 1.165) is 12.0 Å².